The topological polar surface area (TPSA) is 71.4 Å². The molecule has 3 aromatic heterocycles. The highest BCUT2D eigenvalue weighted by Gasteiger charge is 2.20. The Balaban J connectivity index is 1.29. The molecule has 8 heteroatoms. The van der Waals surface area contributed by atoms with Gasteiger partial charge in [0.25, 0.3) is 0 Å². The number of hydrogen-bond donors (Lipinski definition) is 0. The Labute approximate surface area is 143 Å². The molecule has 1 aliphatic rings. The van der Waals surface area contributed by atoms with Gasteiger partial charge in [-0.2, -0.15) is 4.98 Å². The Morgan fingerprint density at radius 1 is 1.12 bits per heavy atom. The first-order valence-electron chi connectivity index (χ1n) is 7.98. The summed E-state index contributed by atoms with van der Waals surface area (Å²) in [4.78, 5) is 13.7. The van der Waals surface area contributed by atoms with E-state index in [9.17, 15) is 0 Å². The molecule has 1 saturated heterocycles. The molecule has 4 heterocycles. The second kappa shape index (κ2) is 6.84. The Morgan fingerprint density at radius 2 is 1.92 bits per heavy atom. The molecule has 4 rings (SSSR count). The first-order valence-corrected chi connectivity index (χ1v) is 8.86. The quantitative estimate of drug-likeness (QED) is 0.703. The van der Waals surface area contributed by atoms with Crippen LogP contribution in [-0.4, -0.2) is 51.1 Å². The predicted molar refractivity (Wildman–Crippen MR) is 89.4 cm³/mol. The Hall–Kier alpha value is -2.03. The summed E-state index contributed by atoms with van der Waals surface area (Å²) in [5.74, 6) is 1.77. The average molecular weight is 345 g/mol. The van der Waals surface area contributed by atoms with Gasteiger partial charge in [-0.15, -0.1) is 11.3 Å². The Bertz CT molecular complexity index is 774. The van der Waals surface area contributed by atoms with Crippen LogP contribution in [0.2, 0.25) is 0 Å². The molecule has 0 saturated carbocycles. The van der Waals surface area contributed by atoms with Crippen molar-refractivity contribution in [3.8, 4) is 11.6 Å². The maximum absolute atomic E-state index is 5.33. The van der Waals surface area contributed by atoms with E-state index in [0.717, 1.165) is 37.7 Å². The first-order chi connectivity index (χ1) is 11.8. The maximum Gasteiger partial charge on any atom is 0.241 e. The monoisotopic (exact) mass is 345 g/mol. The number of rotatable bonds is 5. The van der Waals surface area contributed by atoms with Crippen molar-refractivity contribution in [1.29, 1.82) is 0 Å². The number of aromatic nitrogens is 3. The molecular weight excluding hydrogens is 326 g/mol. The third-order valence-corrected chi connectivity index (χ3v) is 4.91. The molecule has 0 aromatic carbocycles. The number of piperazine rings is 1. The van der Waals surface area contributed by atoms with Gasteiger partial charge in [-0.1, -0.05) is 5.16 Å². The van der Waals surface area contributed by atoms with Gasteiger partial charge in [0.2, 0.25) is 11.7 Å². The number of thiazole rings is 1. The lowest BCUT2D eigenvalue weighted by Gasteiger charge is -2.33. The molecule has 0 radical (unpaired) electrons. The lowest BCUT2D eigenvalue weighted by atomic mass is 10.3. The standard InChI is InChI=1S/C16H19N5O2S/c1-12-17-13(11-24-12)9-20-4-6-21(7-5-20)10-15-18-16(19-23-15)14-3-2-8-22-14/h2-3,8,11H,4-7,9-10H2,1H3. The number of nitrogens with zero attached hydrogens (tertiary/aromatic N) is 5. The molecule has 7 nitrogen and oxygen atoms in total. The summed E-state index contributed by atoms with van der Waals surface area (Å²) in [7, 11) is 0. The molecule has 3 aromatic rings. The van der Waals surface area contributed by atoms with E-state index >= 15 is 0 Å². The van der Waals surface area contributed by atoms with E-state index in [-0.39, 0.29) is 0 Å². The van der Waals surface area contributed by atoms with Crippen molar-refractivity contribution in [3.05, 3.63) is 40.4 Å². The van der Waals surface area contributed by atoms with E-state index < -0.39 is 0 Å². The molecule has 24 heavy (non-hydrogen) atoms. The van der Waals surface area contributed by atoms with E-state index in [1.165, 1.54) is 5.69 Å². The molecule has 0 bridgehead atoms. The van der Waals surface area contributed by atoms with E-state index in [4.69, 9.17) is 8.94 Å². The van der Waals surface area contributed by atoms with Crippen LogP contribution in [0.15, 0.2) is 32.7 Å². The molecule has 1 aliphatic heterocycles. The lowest BCUT2D eigenvalue weighted by Crippen LogP contribution is -2.45. The Morgan fingerprint density at radius 3 is 2.58 bits per heavy atom. The van der Waals surface area contributed by atoms with Gasteiger partial charge in [-0.25, -0.2) is 4.98 Å². The fraction of sp³-hybridized carbons (Fsp3) is 0.438. The molecule has 0 atom stereocenters. The van der Waals surface area contributed by atoms with Gasteiger partial charge in [-0.3, -0.25) is 9.80 Å². The van der Waals surface area contributed by atoms with Crippen LogP contribution in [-0.2, 0) is 13.1 Å². The second-order valence-electron chi connectivity index (χ2n) is 5.90. The first kappa shape index (κ1) is 15.5. The van der Waals surface area contributed by atoms with Crippen LogP contribution in [0.4, 0.5) is 0 Å². The van der Waals surface area contributed by atoms with Crippen LogP contribution in [0.25, 0.3) is 11.6 Å². The van der Waals surface area contributed by atoms with Crippen molar-refractivity contribution < 1.29 is 8.94 Å². The average Bonchev–Trinajstić information content (AvgIpc) is 3.31. The zero-order chi connectivity index (χ0) is 16.4. The van der Waals surface area contributed by atoms with Crippen LogP contribution in [0, 0.1) is 6.92 Å². The zero-order valence-corrected chi connectivity index (χ0v) is 14.3. The molecule has 0 aliphatic carbocycles. The molecule has 0 amide bonds. The summed E-state index contributed by atoms with van der Waals surface area (Å²) in [5, 5.41) is 7.25. The minimum Gasteiger partial charge on any atom is -0.461 e. The van der Waals surface area contributed by atoms with Crippen LogP contribution < -0.4 is 0 Å². The zero-order valence-electron chi connectivity index (χ0n) is 13.5. The van der Waals surface area contributed by atoms with Crippen LogP contribution in [0.3, 0.4) is 0 Å². The van der Waals surface area contributed by atoms with Gasteiger partial charge in [-0.05, 0) is 19.1 Å². The van der Waals surface area contributed by atoms with Gasteiger partial charge in [0.15, 0.2) is 5.76 Å². The molecule has 126 valence electrons. The third kappa shape index (κ3) is 3.55. The Kier molecular flexibility index (Phi) is 4.42. The smallest absolute Gasteiger partial charge is 0.241 e. The predicted octanol–water partition coefficient (Wildman–Crippen LogP) is 2.41. The maximum atomic E-state index is 5.33. The summed E-state index contributed by atoms with van der Waals surface area (Å²) in [6.45, 7) is 7.68. The summed E-state index contributed by atoms with van der Waals surface area (Å²) in [5.41, 5.74) is 1.17. The van der Waals surface area contributed by atoms with E-state index in [0.29, 0.717) is 24.0 Å². The molecule has 0 N–H and O–H groups in total. The molecule has 1 fully saturated rings. The molecule has 0 unspecified atom stereocenters. The van der Waals surface area contributed by atoms with E-state index in [1.54, 1.807) is 17.6 Å². The molecular formula is C16H19N5O2S. The van der Waals surface area contributed by atoms with Gasteiger partial charge in [0.1, 0.15) is 0 Å². The summed E-state index contributed by atoms with van der Waals surface area (Å²) in [6.07, 6.45) is 1.61. The van der Waals surface area contributed by atoms with Crippen molar-refractivity contribution in [1.82, 2.24) is 24.9 Å². The van der Waals surface area contributed by atoms with Crippen molar-refractivity contribution in [2.45, 2.75) is 20.0 Å². The summed E-state index contributed by atoms with van der Waals surface area (Å²) < 4.78 is 10.6. The highest BCUT2D eigenvalue weighted by Crippen LogP contribution is 2.17. The van der Waals surface area contributed by atoms with Crippen molar-refractivity contribution >= 4 is 11.3 Å². The van der Waals surface area contributed by atoms with Gasteiger partial charge in [0.05, 0.1) is 23.5 Å². The van der Waals surface area contributed by atoms with Crippen molar-refractivity contribution in [2.75, 3.05) is 26.2 Å². The van der Waals surface area contributed by atoms with Crippen LogP contribution >= 0.6 is 11.3 Å². The fourth-order valence-corrected chi connectivity index (χ4v) is 3.44. The number of furan rings is 1. The fourth-order valence-electron chi connectivity index (χ4n) is 2.83. The van der Waals surface area contributed by atoms with Crippen molar-refractivity contribution in [2.24, 2.45) is 0 Å². The number of aryl methyl sites for hydroxylation is 1. The minimum absolute atomic E-state index is 0.507. The second-order valence-corrected chi connectivity index (χ2v) is 6.96. The number of hydrogen-bond acceptors (Lipinski definition) is 8. The minimum atomic E-state index is 0.507. The van der Waals surface area contributed by atoms with E-state index in [1.807, 2.05) is 19.1 Å². The van der Waals surface area contributed by atoms with E-state index in [2.05, 4.69) is 30.3 Å². The van der Waals surface area contributed by atoms with Crippen LogP contribution in [0.1, 0.15) is 16.6 Å². The largest absolute Gasteiger partial charge is 0.461 e. The van der Waals surface area contributed by atoms with Crippen LogP contribution in [0.5, 0.6) is 0 Å². The normalized spacial score (nSPS) is 16.7. The summed E-state index contributed by atoms with van der Waals surface area (Å²) >= 11 is 1.71. The van der Waals surface area contributed by atoms with Gasteiger partial charge < -0.3 is 8.94 Å². The summed E-state index contributed by atoms with van der Waals surface area (Å²) in [6, 6.07) is 3.64. The third-order valence-electron chi connectivity index (χ3n) is 4.09. The highest BCUT2D eigenvalue weighted by atomic mass is 32.1. The van der Waals surface area contributed by atoms with Gasteiger partial charge in [0, 0.05) is 38.1 Å². The highest BCUT2D eigenvalue weighted by molar-refractivity contribution is 7.09. The molecule has 0 spiro atoms. The lowest BCUT2D eigenvalue weighted by molar-refractivity contribution is 0.111. The van der Waals surface area contributed by atoms with Gasteiger partial charge >= 0.3 is 0 Å². The van der Waals surface area contributed by atoms with Crippen molar-refractivity contribution in [3.63, 3.8) is 0 Å². The SMILES string of the molecule is Cc1nc(CN2CCN(Cc3nc(-c4ccco4)no3)CC2)cs1.